The van der Waals surface area contributed by atoms with Crippen LogP contribution in [0.3, 0.4) is 0 Å². The molecule has 1 aromatic rings. The van der Waals surface area contributed by atoms with Gasteiger partial charge in [0.25, 0.3) is 0 Å². The van der Waals surface area contributed by atoms with E-state index < -0.39 is 12.0 Å². The van der Waals surface area contributed by atoms with Crippen LogP contribution in [0.15, 0.2) is 30.3 Å². The molecule has 1 atom stereocenters. The van der Waals surface area contributed by atoms with Crippen LogP contribution in [0.5, 0.6) is 0 Å². The first kappa shape index (κ1) is 20.0. The Bertz CT molecular complexity index is 477. The lowest BCUT2D eigenvalue weighted by molar-refractivity contribution is -0.142. The smallest absolute Gasteiger partial charge is 0.328 e. The normalized spacial score (nSPS) is 11.6. The monoisotopic (exact) mass is 334 g/mol. The van der Waals surface area contributed by atoms with E-state index in [1.165, 1.54) is 32.8 Å². The Morgan fingerprint density at radius 3 is 2.38 bits per heavy atom. The van der Waals surface area contributed by atoms with Crippen LogP contribution in [-0.2, 0) is 16.0 Å². The number of methoxy groups -OCH3 is 1. The lowest BCUT2D eigenvalue weighted by atomic mass is 10.1. The maximum absolute atomic E-state index is 12.0. The molecule has 0 radical (unpaired) electrons. The molecule has 0 heterocycles. The summed E-state index contributed by atoms with van der Waals surface area (Å²) in [6.07, 6.45) is 7.45. The van der Waals surface area contributed by atoms with Gasteiger partial charge in [-0.2, -0.15) is 0 Å². The average molecular weight is 334 g/mol. The Morgan fingerprint density at radius 1 is 1.04 bits per heavy atom. The maximum atomic E-state index is 12.0. The van der Waals surface area contributed by atoms with Gasteiger partial charge in [0.2, 0.25) is 0 Å². The maximum Gasteiger partial charge on any atom is 0.328 e. The summed E-state index contributed by atoms with van der Waals surface area (Å²) in [6, 6.07) is 8.57. The fourth-order valence-electron chi connectivity index (χ4n) is 2.50. The number of urea groups is 1. The van der Waals surface area contributed by atoms with Gasteiger partial charge in [-0.1, -0.05) is 69.4 Å². The Morgan fingerprint density at radius 2 is 1.71 bits per heavy atom. The minimum absolute atomic E-state index is 0.324. The Hall–Kier alpha value is -2.04. The second kappa shape index (κ2) is 12.4. The summed E-state index contributed by atoms with van der Waals surface area (Å²) in [6.45, 7) is 2.82. The predicted molar refractivity (Wildman–Crippen MR) is 95.9 cm³/mol. The summed E-state index contributed by atoms with van der Waals surface area (Å²) < 4.78 is 4.78. The third-order valence-corrected chi connectivity index (χ3v) is 3.89. The molecule has 134 valence electrons. The van der Waals surface area contributed by atoms with Crippen molar-refractivity contribution in [2.75, 3.05) is 13.7 Å². The fourth-order valence-corrected chi connectivity index (χ4v) is 2.50. The predicted octanol–water partition coefficient (Wildman–Crippen LogP) is 3.43. The molecule has 0 fully saturated rings. The van der Waals surface area contributed by atoms with Crippen molar-refractivity contribution in [3.05, 3.63) is 35.9 Å². The standard InChI is InChI=1S/C19H30N2O3/c1-3-4-5-6-7-11-14-20-19(23)21-17(18(22)24-2)15-16-12-9-8-10-13-16/h8-10,12-13,17H,3-7,11,14-15H2,1-2H3,(H2,20,21,23). The van der Waals surface area contributed by atoms with Crippen molar-refractivity contribution >= 4 is 12.0 Å². The van der Waals surface area contributed by atoms with E-state index in [0.717, 1.165) is 18.4 Å². The highest BCUT2D eigenvalue weighted by Crippen LogP contribution is 2.05. The summed E-state index contributed by atoms with van der Waals surface area (Å²) in [4.78, 5) is 23.8. The number of esters is 1. The first-order valence-corrected chi connectivity index (χ1v) is 8.83. The van der Waals surface area contributed by atoms with E-state index in [1.807, 2.05) is 30.3 Å². The Kier molecular flexibility index (Phi) is 10.3. The number of hydrogen-bond acceptors (Lipinski definition) is 3. The van der Waals surface area contributed by atoms with Gasteiger partial charge in [-0.25, -0.2) is 9.59 Å². The van der Waals surface area contributed by atoms with Crippen LogP contribution in [-0.4, -0.2) is 31.7 Å². The minimum atomic E-state index is -0.679. The zero-order chi connectivity index (χ0) is 17.6. The van der Waals surface area contributed by atoms with Gasteiger partial charge < -0.3 is 15.4 Å². The van der Waals surface area contributed by atoms with Crippen molar-refractivity contribution in [3.8, 4) is 0 Å². The highest BCUT2D eigenvalue weighted by atomic mass is 16.5. The lowest BCUT2D eigenvalue weighted by Crippen LogP contribution is -2.47. The van der Waals surface area contributed by atoms with Crippen LogP contribution in [0, 0.1) is 0 Å². The number of rotatable bonds is 11. The molecule has 1 aromatic carbocycles. The molecule has 0 saturated heterocycles. The van der Waals surface area contributed by atoms with Crippen LogP contribution in [0.2, 0.25) is 0 Å². The number of ether oxygens (including phenoxy) is 1. The molecule has 0 aliphatic heterocycles. The summed E-state index contributed by atoms with van der Waals surface area (Å²) in [5.74, 6) is -0.437. The second-order valence-electron chi connectivity index (χ2n) is 5.93. The number of carbonyl (C=O) groups is 2. The van der Waals surface area contributed by atoms with Crippen molar-refractivity contribution in [2.24, 2.45) is 0 Å². The van der Waals surface area contributed by atoms with E-state index in [4.69, 9.17) is 4.74 Å². The first-order chi connectivity index (χ1) is 11.7. The second-order valence-corrected chi connectivity index (χ2v) is 5.93. The molecule has 0 aliphatic rings. The number of nitrogens with one attached hydrogen (secondary N) is 2. The molecule has 5 heteroatoms. The van der Waals surface area contributed by atoms with Gasteiger partial charge in [0.15, 0.2) is 0 Å². The van der Waals surface area contributed by atoms with E-state index in [9.17, 15) is 9.59 Å². The first-order valence-electron chi connectivity index (χ1n) is 8.83. The van der Waals surface area contributed by atoms with Crippen LogP contribution in [0.4, 0.5) is 4.79 Å². The molecular formula is C19H30N2O3. The van der Waals surface area contributed by atoms with Gasteiger partial charge in [-0.15, -0.1) is 0 Å². The summed E-state index contributed by atoms with van der Waals surface area (Å²) in [5, 5.41) is 5.51. The summed E-state index contributed by atoms with van der Waals surface area (Å²) >= 11 is 0. The van der Waals surface area contributed by atoms with Crippen molar-refractivity contribution in [3.63, 3.8) is 0 Å². The SMILES string of the molecule is CCCCCCCCNC(=O)NC(Cc1ccccc1)C(=O)OC. The van der Waals surface area contributed by atoms with Gasteiger partial charge in [0.1, 0.15) is 6.04 Å². The summed E-state index contributed by atoms with van der Waals surface area (Å²) in [7, 11) is 1.33. The molecular weight excluding hydrogens is 304 g/mol. The van der Waals surface area contributed by atoms with Gasteiger partial charge in [0.05, 0.1) is 7.11 Å². The van der Waals surface area contributed by atoms with Gasteiger partial charge in [-0.05, 0) is 12.0 Å². The fraction of sp³-hybridized carbons (Fsp3) is 0.579. The number of unbranched alkanes of at least 4 members (excludes halogenated alkanes) is 5. The quantitative estimate of drug-likeness (QED) is 0.481. The molecule has 1 unspecified atom stereocenters. The van der Waals surface area contributed by atoms with Crippen LogP contribution in [0.1, 0.15) is 51.0 Å². The number of benzene rings is 1. The third kappa shape index (κ3) is 8.56. The zero-order valence-corrected chi connectivity index (χ0v) is 14.8. The van der Waals surface area contributed by atoms with Gasteiger partial charge >= 0.3 is 12.0 Å². The molecule has 5 nitrogen and oxygen atoms in total. The number of hydrogen-bond donors (Lipinski definition) is 2. The van der Waals surface area contributed by atoms with Crippen LogP contribution >= 0.6 is 0 Å². The molecule has 2 N–H and O–H groups in total. The molecule has 0 saturated carbocycles. The average Bonchev–Trinajstić information content (AvgIpc) is 2.60. The topological polar surface area (TPSA) is 67.4 Å². The molecule has 0 aromatic heterocycles. The van der Waals surface area contributed by atoms with E-state index in [-0.39, 0.29) is 6.03 Å². The van der Waals surface area contributed by atoms with Crippen LogP contribution < -0.4 is 10.6 Å². The Balaban J connectivity index is 2.32. The number of carbonyl (C=O) groups excluding carboxylic acids is 2. The van der Waals surface area contributed by atoms with Crippen molar-refractivity contribution in [2.45, 2.75) is 57.9 Å². The van der Waals surface area contributed by atoms with E-state index >= 15 is 0 Å². The van der Waals surface area contributed by atoms with Crippen LogP contribution in [0.25, 0.3) is 0 Å². The zero-order valence-electron chi connectivity index (χ0n) is 14.8. The minimum Gasteiger partial charge on any atom is -0.467 e. The van der Waals surface area contributed by atoms with E-state index in [0.29, 0.717) is 13.0 Å². The molecule has 0 bridgehead atoms. The highest BCUT2D eigenvalue weighted by molar-refractivity contribution is 5.83. The largest absolute Gasteiger partial charge is 0.467 e. The van der Waals surface area contributed by atoms with Crippen molar-refractivity contribution < 1.29 is 14.3 Å². The summed E-state index contributed by atoms with van der Waals surface area (Å²) in [5.41, 5.74) is 0.976. The van der Waals surface area contributed by atoms with Gasteiger partial charge in [0, 0.05) is 13.0 Å². The van der Waals surface area contributed by atoms with E-state index in [2.05, 4.69) is 17.6 Å². The van der Waals surface area contributed by atoms with Crippen molar-refractivity contribution in [1.29, 1.82) is 0 Å². The molecule has 0 aliphatic carbocycles. The third-order valence-electron chi connectivity index (χ3n) is 3.89. The molecule has 24 heavy (non-hydrogen) atoms. The van der Waals surface area contributed by atoms with Crippen molar-refractivity contribution in [1.82, 2.24) is 10.6 Å². The Labute approximate surface area is 145 Å². The lowest BCUT2D eigenvalue weighted by Gasteiger charge is -2.17. The molecule has 2 amide bonds. The number of amides is 2. The highest BCUT2D eigenvalue weighted by Gasteiger charge is 2.21. The van der Waals surface area contributed by atoms with E-state index in [1.54, 1.807) is 0 Å². The molecule has 1 rings (SSSR count). The molecule has 0 spiro atoms. The van der Waals surface area contributed by atoms with Gasteiger partial charge in [-0.3, -0.25) is 0 Å².